The number of nitriles is 1. The minimum Gasteiger partial charge on any atom is -0.439 e. The van der Waals surface area contributed by atoms with Crippen LogP contribution in [0.4, 0.5) is 0 Å². The Hall–Kier alpha value is -3.94. The highest BCUT2D eigenvalue weighted by atomic mass is 16.5. The summed E-state index contributed by atoms with van der Waals surface area (Å²) in [5, 5.41) is 9.12. The van der Waals surface area contributed by atoms with Gasteiger partial charge in [-0.05, 0) is 59.0 Å². The first-order chi connectivity index (χ1) is 15.2. The molecular formula is C27H23N3O. The van der Waals surface area contributed by atoms with Gasteiger partial charge in [-0.3, -0.25) is 0 Å². The molecule has 0 radical (unpaired) electrons. The van der Waals surface area contributed by atoms with Crippen molar-refractivity contribution in [2.24, 2.45) is 5.73 Å². The molecule has 2 N–H and O–H groups in total. The number of aryl methyl sites for hydroxylation is 1. The third kappa shape index (κ3) is 4.80. The van der Waals surface area contributed by atoms with Crippen LogP contribution in [0.15, 0.2) is 84.9 Å². The summed E-state index contributed by atoms with van der Waals surface area (Å²) in [5.41, 5.74) is 12.8. The molecule has 4 nitrogen and oxygen atoms in total. The molecule has 0 spiro atoms. The molecule has 4 heteroatoms. The summed E-state index contributed by atoms with van der Waals surface area (Å²) >= 11 is 0. The van der Waals surface area contributed by atoms with Crippen LogP contribution in [0, 0.1) is 18.3 Å². The van der Waals surface area contributed by atoms with E-state index in [9.17, 15) is 0 Å². The fourth-order valence-electron chi connectivity index (χ4n) is 3.60. The number of rotatable bonds is 6. The van der Waals surface area contributed by atoms with Crippen LogP contribution in [-0.2, 0) is 13.0 Å². The highest BCUT2D eigenvalue weighted by Crippen LogP contribution is 2.30. The molecule has 0 bridgehead atoms. The largest absolute Gasteiger partial charge is 0.439 e. The lowest BCUT2D eigenvalue weighted by Crippen LogP contribution is -1.96. The monoisotopic (exact) mass is 405 g/mol. The van der Waals surface area contributed by atoms with Crippen LogP contribution in [-0.4, -0.2) is 4.98 Å². The molecule has 4 rings (SSSR count). The molecule has 0 aliphatic heterocycles. The molecule has 152 valence electrons. The number of nitrogens with two attached hydrogens (primary N) is 1. The normalized spacial score (nSPS) is 10.5. The van der Waals surface area contributed by atoms with Crippen LogP contribution in [0.1, 0.15) is 16.7 Å². The van der Waals surface area contributed by atoms with Crippen molar-refractivity contribution in [2.75, 3.05) is 0 Å². The summed E-state index contributed by atoms with van der Waals surface area (Å²) in [7, 11) is 0. The third-order valence-corrected chi connectivity index (χ3v) is 5.06. The second-order valence-electron chi connectivity index (χ2n) is 7.39. The van der Waals surface area contributed by atoms with E-state index >= 15 is 0 Å². The molecule has 1 aromatic heterocycles. The molecular weight excluding hydrogens is 382 g/mol. The Morgan fingerprint density at radius 2 is 1.74 bits per heavy atom. The van der Waals surface area contributed by atoms with Crippen LogP contribution in [0.25, 0.3) is 22.4 Å². The first-order valence-corrected chi connectivity index (χ1v) is 10.2. The van der Waals surface area contributed by atoms with Gasteiger partial charge in [0.15, 0.2) is 0 Å². The molecule has 3 aromatic carbocycles. The molecule has 4 aromatic rings. The Morgan fingerprint density at radius 1 is 0.903 bits per heavy atom. The second-order valence-corrected chi connectivity index (χ2v) is 7.39. The van der Waals surface area contributed by atoms with Gasteiger partial charge in [0.2, 0.25) is 5.88 Å². The van der Waals surface area contributed by atoms with Gasteiger partial charge in [0, 0.05) is 18.2 Å². The average molecular weight is 406 g/mol. The summed E-state index contributed by atoms with van der Waals surface area (Å²) < 4.78 is 6.14. The number of hydrogen-bond acceptors (Lipinski definition) is 4. The summed E-state index contributed by atoms with van der Waals surface area (Å²) in [6.07, 6.45) is 0.339. The molecule has 1 heterocycles. The SMILES string of the molecule is Cc1cc(Oc2cccc(-c3ccccc3CC#N)n2)cc(-c2cccc(CN)c2)c1. The highest BCUT2D eigenvalue weighted by Gasteiger charge is 2.09. The molecule has 0 aliphatic rings. The standard InChI is InChI=1S/C27H23N3O/c1-19-14-23(22-8-4-6-20(16-22)18-29)17-24(15-19)31-27-11-5-10-26(30-27)25-9-3-2-7-21(25)12-13-28/h2-11,14-17H,12,18,29H2,1H3. The summed E-state index contributed by atoms with van der Waals surface area (Å²) in [4.78, 5) is 4.69. The van der Waals surface area contributed by atoms with Gasteiger partial charge in [0.25, 0.3) is 0 Å². The first kappa shape index (κ1) is 20.3. The third-order valence-electron chi connectivity index (χ3n) is 5.06. The van der Waals surface area contributed by atoms with Crippen LogP contribution in [0.3, 0.4) is 0 Å². The maximum Gasteiger partial charge on any atom is 0.219 e. The van der Waals surface area contributed by atoms with Crippen molar-refractivity contribution < 1.29 is 4.74 Å². The van der Waals surface area contributed by atoms with E-state index < -0.39 is 0 Å². The number of ether oxygens (including phenoxy) is 1. The van der Waals surface area contributed by atoms with Crippen molar-refractivity contribution >= 4 is 0 Å². The smallest absolute Gasteiger partial charge is 0.219 e. The minimum atomic E-state index is 0.339. The molecule has 0 saturated carbocycles. The number of benzene rings is 3. The van der Waals surface area contributed by atoms with Gasteiger partial charge >= 0.3 is 0 Å². The molecule has 0 saturated heterocycles. The van der Waals surface area contributed by atoms with E-state index in [1.807, 2.05) is 73.7 Å². The number of aromatic nitrogens is 1. The van der Waals surface area contributed by atoms with Crippen LogP contribution in [0.2, 0.25) is 0 Å². The van der Waals surface area contributed by atoms with Gasteiger partial charge < -0.3 is 10.5 Å². The van der Waals surface area contributed by atoms with Gasteiger partial charge in [-0.25, -0.2) is 4.98 Å². The quantitative estimate of drug-likeness (QED) is 0.424. The Kier molecular flexibility index (Phi) is 6.07. The van der Waals surface area contributed by atoms with Crippen molar-refractivity contribution in [3.8, 4) is 40.1 Å². The number of hydrogen-bond donors (Lipinski definition) is 1. The zero-order valence-electron chi connectivity index (χ0n) is 17.4. The van der Waals surface area contributed by atoms with Crippen LogP contribution in [0.5, 0.6) is 11.6 Å². The van der Waals surface area contributed by atoms with E-state index in [-0.39, 0.29) is 0 Å². The van der Waals surface area contributed by atoms with E-state index in [0.717, 1.165) is 44.8 Å². The molecule has 0 atom stereocenters. The van der Waals surface area contributed by atoms with Crippen molar-refractivity contribution in [3.63, 3.8) is 0 Å². The number of pyridine rings is 1. The van der Waals surface area contributed by atoms with Gasteiger partial charge in [-0.15, -0.1) is 0 Å². The maximum absolute atomic E-state index is 9.12. The van der Waals surface area contributed by atoms with Gasteiger partial charge in [-0.2, -0.15) is 5.26 Å². The summed E-state index contributed by atoms with van der Waals surface area (Å²) in [5.74, 6) is 1.24. The Morgan fingerprint density at radius 3 is 2.58 bits per heavy atom. The van der Waals surface area contributed by atoms with E-state index in [2.05, 4.69) is 24.3 Å². The lowest BCUT2D eigenvalue weighted by atomic mass is 10.0. The Bertz CT molecular complexity index is 1260. The van der Waals surface area contributed by atoms with Gasteiger partial charge in [0.05, 0.1) is 18.2 Å². The Labute approximate surface area is 182 Å². The molecule has 0 fully saturated rings. The van der Waals surface area contributed by atoms with Crippen LogP contribution < -0.4 is 10.5 Å². The maximum atomic E-state index is 9.12. The zero-order chi connectivity index (χ0) is 21.6. The molecule has 31 heavy (non-hydrogen) atoms. The Balaban J connectivity index is 1.66. The van der Waals surface area contributed by atoms with Crippen molar-refractivity contribution in [3.05, 3.63) is 102 Å². The highest BCUT2D eigenvalue weighted by molar-refractivity contribution is 5.67. The van der Waals surface area contributed by atoms with E-state index in [1.165, 1.54) is 0 Å². The topological polar surface area (TPSA) is 71.9 Å². The van der Waals surface area contributed by atoms with Gasteiger partial charge in [-0.1, -0.05) is 54.6 Å². The predicted molar refractivity (Wildman–Crippen MR) is 124 cm³/mol. The molecule has 0 unspecified atom stereocenters. The van der Waals surface area contributed by atoms with Crippen LogP contribution >= 0.6 is 0 Å². The molecule has 0 amide bonds. The van der Waals surface area contributed by atoms with Crippen molar-refractivity contribution in [2.45, 2.75) is 19.9 Å². The lowest BCUT2D eigenvalue weighted by Gasteiger charge is -2.12. The van der Waals surface area contributed by atoms with E-state index in [4.69, 9.17) is 20.7 Å². The first-order valence-electron chi connectivity index (χ1n) is 10.2. The average Bonchev–Trinajstić information content (AvgIpc) is 2.79. The zero-order valence-corrected chi connectivity index (χ0v) is 17.4. The second kappa shape index (κ2) is 9.25. The summed E-state index contributed by atoms with van der Waals surface area (Å²) in [6.45, 7) is 2.55. The minimum absolute atomic E-state index is 0.339. The fraction of sp³-hybridized carbons (Fsp3) is 0.111. The van der Waals surface area contributed by atoms with E-state index in [1.54, 1.807) is 0 Å². The van der Waals surface area contributed by atoms with E-state index in [0.29, 0.717) is 18.8 Å². The molecule has 0 aliphatic carbocycles. The van der Waals surface area contributed by atoms with Gasteiger partial charge in [0.1, 0.15) is 5.75 Å². The van der Waals surface area contributed by atoms with Crippen molar-refractivity contribution in [1.82, 2.24) is 4.98 Å². The summed E-state index contributed by atoms with van der Waals surface area (Å²) in [6, 6.07) is 30.1. The predicted octanol–water partition coefficient (Wildman–Crippen LogP) is 6.04. The lowest BCUT2D eigenvalue weighted by molar-refractivity contribution is 0.463. The number of nitrogens with zero attached hydrogens (tertiary/aromatic N) is 2. The fourth-order valence-corrected chi connectivity index (χ4v) is 3.60. The van der Waals surface area contributed by atoms with Crippen molar-refractivity contribution in [1.29, 1.82) is 5.26 Å².